The van der Waals surface area contributed by atoms with Gasteiger partial charge in [0.05, 0.1) is 17.8 Å². The maximum atomic E-state index is 6.44. The molecule has 0 bridgehead atoms. The second-order valence-corrected chi connectivity index (χ2v) is 6.50. The maximum absolute atomic E-state index is 6.44. The number of rotatable bonds is 5. The van der Waals surface area contributed by atoms with Gasteiger partial charge in [-0.2, -0.15) is 0 Å². The average Bonchev–Trinajstić information content (AvgIpc) is 2.92. The van der Waals surface area contributed by atoms with Crippen molar-refractivity contribution in [3.8, 4) is 17.0 Å². The van der Waals surface area contributed by atoms with Gasteiger partial charge in [-0.05, 0) is 55.5 Å². The van der Waals surface area contributed by atoms with Crippen LogP contribution >= 0.6 is 11.6 Å². The lowest BCUT2D eigenvalue weighted by Crippen LogP contribution is -1.98. The molecule has 4 heteroatoms. The first-order chi connectivity index (χ1) is 11.6. The van der Waals surface area contributed by atoms with Gasteiger partial charge in [0.1, 0.15) is 11.4 Å². The van der Waals surface area contributed by atoms with E-state index in [0.717, 1.165) is 41.2 Å². The summed E-state index contributed by atoms with van der Waals surface area (Å²) < 4.78 is 7.40. The molecule has 0 radical (unpaired) electrons. The molecule has 0 amide bonds. The number of hydrogen-bond donors (Lipinski definition) is 0. The molecule has 0 atom stereocenters. The Balaban J connectivity index is 2.12. The molecule has 24 heavy (non-hydrogen) atoms. The first kappa shape index (κ1) is 16.8. The molecule has 0 aliphatic carbocycles. The van der Waals surface area contributed by atoms with Crippen molar-refractivity contribution in [2.24, 2.45) is 0 Å². The Morgan fingerprint density at radius 1 is 1.17 bits per heavy atom. The normalized spacial score (nSPS) is 11.4. The van der Waals surface area contributed by atoms with E-state index < -0.39 is 0 Å². The van der Waals surface area contributed by atoms with Crippen LogP contribution in [0.5, 0.6) is 5.75 Å². The van der Waals surface area contributed by atoms with E-state index in [4.69, 9.17) is 21.3 Å². The third-order valence-corrected chi connectivity index (χ3v) is 5.08. The molecule has 3 aromatic rings. The Morgan fingerprint density at radius 3 is 2.54 bits per heavy atom. The largest absolute Gasteiger partial charge is 0.497 e. The van der Waals surface area contributed by atoms with E-state index >= 15 is 0 Å². The van der Waals surface area contributed by atoms with Gasteiger partial charge in [-0.3, -0.25) is 0 Å². The Bertz CT molecular complexity index is 865. The highest BCUT2D eigenvalue weighted by atomic mass is 35.5. The number of imidazole rings is 1. The highest BCUT2D eigenvalue weighted by Crippen LogP contribution is 2.33. The van der Waals surface area contributed by atoms with E-state index in [0.29, 0.717) is 10.9 Å². The monoisotopic (exact) mass is 342 g/mol. The number of aromatic nitrogens is 2. The van der Waals surface area contributed by atoms with Gasteiger partial charge in [0.25, 0.3) is 0 Å². The van der Waals surface area contributed by atoms with Gasteiger partial charge in [0.15, 0.2) is 0 Å². The minimum Gasteiger partial charge on any atom is -0.497 e. The van der Waals surface area contributed by atoms with Crippen molar-refractivity contribution in [1.82, 2.24) is 9.38 Å². The van der Waals surface area contributed by atoms with Crippen LogP contribution in [0.2, 0.25) is 5.02 Å². The molecule has 2 aromatic heterocycles. The van der Waals surface area contributed by atoms with Gasteiger partial charge in [-0.15, -0.1) is 0 Å². The minimum atomic E-state index is 0.587. The number of aryl methyl sites for hydroxylation is 1. The second-order valence-electron chi connectivity index (χ2n) is 6.10. The van der Waals surface area contributed by atoms with Gasteiger partial charge in [0, 0.05) is 17.5 Å². The number of fused-ring (bicyclic) bond motifs is 1. The van der Waals surface area contributed by atoms with Crippen LogP contribution in [0.4, 0.5) is 0 Å². The molecule has 0 aliphatic rings. The van der Waals surface area contributed by atoms with Gasteiger partial charge < -0.3 is 9.14 Å². The third kappa shape index (κ3) is 2.89. The fraction of sp³-hybridized carbons (Fsp3) is 0.350. The fourth-order valence-corrected chi connectivity index (χ4v) is 3.51. The van der Waals surface area contributed by atoms with Crippen LogP contribution in [0, 0.1) is 6.92 Å². The summed E-state index contributed by atoms with van der Waals surface area (Å²) >= 11 is 6.44. The summed E-state index contributed by atoms with van der Waals surface area (Å²) in [5.41, 5.74) is 5.27. The van der Waals surface area contributed by atoms with Crippen LogP contribution in [0.15, 0.2) is 36.5 Å². The quantitative estimate of drug-likeness (QED) is 0.579. The number of hydrogen-bond acceptors (Lipinski definition) is 2. The van der Waals surface area contributed by atoms with E-state index in [1.54, 1.807) is 7.11 Å². The molecule has 0 N–H and O–H groups in total. The Morgan fingerprint density at radius 2 is 1.92 bits per heavy atom. The van der Waals surface area contributed by atoms with Crippen LogP contribution in [-0.2, 0) is 0 Å². The lowest BCUT2D eigenvalue weighted by atomic mass is 9.95. The van der Waals surface area contributed by atoms with Crippen molar-refractivity contribution in [3.05, 3.63) is 52.8 Å². The zero-order valence-electron chi connectivity index (χ0n) is 14.6. The topological polar surface area (TPSA) is 26.5 Å². The first-order valence-electron chi connectivity index (χ1n) is 8.41. The zero-order chi connectivity index (χ0) is 17.3. The summed E-state index contributed by atoms with van der Waals surface area (Å²) in [7, 11) is 1.64. The van der Waals surface area contributed by atoms with Crippen molar-refractivity contribution in [3.63, 3.8) is 0 Å². The molecule has 126 valence electrons. The second kappa shape index (κ2) is 6.86. The summed E-state index contributed by atoms with van der Waals surface area (Å²) in [6.45, 7) is 6.57. The lowest BCUT2D eigenvalue weighted by molar-refractivity contribution is 0.415. The number of pyridine rings is 1. The van der Waals surface area contributed by atoms with E-state index in [-0.39, 0.29) is 0 Å². The number of methoxy groups -OCH3 is 1. The van der Waals surface area contributed by atoms with Crippen molar-refractivity contribution < 1.29 is 4.74 Å². The van der Waals surface area contributed by atoms with E-state index in [2.05, 4.69) is 43.5 Å². The molecule has 3 nitrogen and oxygen atoms in total. The van der Waals surface area contributed by atoms with Crippen molar-refractivity contribution in [1.29, 1.82) is 0 Å². The summed E-state index contributed by atoms with van der Waals surface area (Å²) in [6, 6.07) is 10.0. The van der Waals surface area contributed by atoms with Crippen LogP contribution in [-0.4, -0.2) is 16.5 Å². The van der Waals surface area contributed by atoms with E-state index in [1.165, 1.54) is 5.56 Å². The van der Waals surface area contributed by atoms with Gasteiger partial charge in [-0.25, -0.2) is 4.98 Å². The summed E-state index contributed by atoms with van der Waals surface area (Å²) in [4.78, 5) is 4.79. The molecule has 1 aromatic carbocycles. The fourth-order valence-electron chi connectivity index (χ4n) is 3.25. The van der Waals surface area contributed by atoms with Crippen LogP contribution in [0.25, 0.3) is 16.9 Å². The molecule has 0 saturated carbocycles. The summed E-state index contributed by atoms with van der Waals surface area (Å²) in [5.74, 6) is 1.34. The molecule has 0 saturated heterocycles. The van der Waals surface area contributed by atoms with Gasteiger partial charge in [-0.1, -0.05) is 31.5 Å². The van der Waals surface area contributed by atoms with E-state index in [1.807, 2.05) is 18.2 Å². The van der Waals surface area contributed by atoms with Crippen LogP contribution in [0.3, 0.4) is 0 Å². The first-order valence-corrected chi connectivity index (χ1v) is 8.79. The molecule has 0 unspecified atom stereocenters. The Hall–Kier alpha value is -2.00. The lowest BCUT2D eigenvalue weighted by Gasteiger charge is -2.13. The zero-order valence-corrected chi connectivity index (χ0v) is 15.4. The summed E-state index contributed by atoms with van der Waals surface area (Å²) in [6.07, 6.45) is 4.51. The van der Waals surface area contributed by atoms with Crippen LogP contribution < -0.4 is 4.74 Å². The molecular formula is C20H23ClN2O. The predicted molar refractivity (Wildman–Crippen MR) is 100 cm³/mol. The van der Waals surface area contributed by atoms with Gasteiger partial charge in [0.2, 0.25) is 0 Å². The smallest absolute Gasteiger partial charge is 0.137 e. The standard InChI is InChI=1S/C20H23ClN2O/c1-5-14(6-2)15-7-10-19-22-20(13(3)23(19)12-15)17-9-8-16(24-4)11-18(17)21/h7-12,14H,5-6H2,1-4H3. The predicted octanol–water partition coefficient (Wildman–Crippen LogP) is 5.88. The maximum Gasteiger partial charge on any atom is 0.137 e. The number of nitrogens with zero attached hydrogens (tertiary/aromatic N) is 2. The number of halogens is 1. The Kier molecular flexibility index (Phi) is 4.81. The molecule has 0 fully saturated rings. The molecular weight excluding hydrogens is 320 g/mol. The average molecular weight is 343 g/mol. The molecule has 2 heterocycles. The van der Waals surface area contributed by atoms with Crippen LogP contribution in [0.1, 0.15) is 43.9 Å². The third-order valence-electron chi connectivity index (χ3n) is 4.77. The summed E-state index contributed by atoms with van der Waals surface area (Å²) in [5, 5.41) is 0.654. The van der Waals surface area contributed by atoms with Crippen molar-refractivity contribution in [2.75, 3.05) is 7.11 Å². The van der Waals surface area contributed by atoms with Gasteiger partial charge >= 0.3 is 0 Å². The van der Waals surface area contributed by atoms with Crippen molar-refractivity contribution >= 4 is 17.2 Å². The number of ether oxygens (including phenoxy) is 1. The number of benzene rings is 1. The SMILES string of the molecule is CCC(CC)c1ccc2nc(-c3ccc(OC)cc3Cl)c(C)n2c1. The van der Waals surface area contributed by atoms with E-state index in [9.17, 15) is 0 Å². The highest BCUT2D eigenvalue weighted by molar-refractivity contribution is 6.33. The Labute approximate surface area is 148 Å². The molecule has 0 aliphatic heterocycles. The molecule has 3 rings (SSSR count). The molecule has 0 spiro atoms. The minimum absolute atomic E-state index is 0.587. The highest BCUT2D eigenvalue weighted by Gasteiger charge is 2.15. The van der Waals surface area contributed by atoms with Crippen molar-refractivity contribution in [2.45, 2.75) is 39.5 Å².